The van der Waals surface area contributed by atoms with Gasteiger partial charge in [0.2, 0.25) is 17.2 Å². The molecule has 5 aromatic rings. The van der Waals surface area contributed by atoms with Crippen LogP contribution in [0.25, 0.3) is 0 Å². The third-order valence-electron chi connectivity index (χ3n) is 7.26. The van der Waals surface area contributed by atoms with Crippen molar-refractivity contribution in [3.05, 3.63) is 100 Å². The molecule has 1 aliphatic carbocycles. The first-order valence-electron chi connectivity index (χ1n) is 13.9. The number of hydrogen-bond donors (Lipinski definition) is 7. The first kappa shape index (κ1) is 35.3. The molecule has 0 aliphatic heterocycles. The van der Waals surface area contributed by atoms with Gasteiger partial charge in [-0.2, -0.15) is 40.2 Å². The van der Waals surface area contributed by atoms with Crippen LogP contribution in [0.1, 0.15) is 31.8 Å². The van der Waals surface area contributed by atoms with Crippen molar-refractivity contribution in [3.63, 3.8) is 0 Å². The van der Waals surface area contributed by atoms with Crippen LogP contribution >= 0.6 is 11.6 Å². The molecule has 1 aliphatic rings. The summed E-state index contributed by atoms with van der Waals surface area (Å²) in [6.45, 7) is 0. The number of carbonyl (C=O) groups excluding carboxylic acids is 2. The highest BCUT2D eigenvalue weighted by Gasteiger charge is 2.36. The van der Waals surface area contributed by atoms with E-state index in [1.165, 1.54) is 36.4 Å². The van der Waals surface area contributed by atoms with Gasteiger partial charge >= 0.3 is 0 Å². The summed E-state index contributed by atoms with van der Waals surface area (Å²) in [6.07, 6.45) is 0. The number of nitrogens with zero attached hydrogens (tertiary/aromatic N) is 3. The summed E-state index contributed by atoms with van der Waals surface area (Å²) in [6, 6.07) is 14.6. The summed E-state index contributed by atoms with van der Waals surface area (Å²) in [7, 11) is -14.6. The quantitative estimate of drug-likeness (QED) is 0.0810. The lowest BCUT2D eigenvalue weighted by atomic mass is 9.82. The van der Waals surface area contributed by atoms with E-state index in [0.717, 1.165) is 36.4 Å². The number of ketones is 2. The molecule has 4 aromatic carbocycles. The van der Waals surface area contributed by atoms with Gasteiger partial charge in [0.05, 0.1) is 33.1 Å². The topological polar surface area (TPSA) is 298 Å². The lowest BCUT2D eigenvalue weighted by molar-refractivity contribution is 0.0980. The van der Waals surface area contributed by atoms with Crippen LogP contribution in [0.15, 0.2) is 87.5 Å². The molecule has 0 atom stereocenters. The second-order valence-electron chi connectivity index (χ2n) is 10.6. The maximum atomic E-state index is 13.7. The summed E-state index contributed by atoms with van der Waals surface area (Å²) in [5.74, 6) is -2.19. The zero-order chi connectivity index (χ0) is 37.0. The van der Waals surface area contributed by atoms with Gasteiger partial charge in [0.25, 0.3) is 30.4 Å². The molecule has 1 heterocycles. The maximum absolute atomic E-state index is 13.7. The number of rotatable bonds is 9. The molecule has 0 saturated carbocycles. The molecule has 262 valence electrons. The van der Waals surface area contributed by atoms with E-state index in [9.17, 15) is 48.5 Å². The molecule has 0 unspecified atom stereocenters. The molecule has 0 spiro atoms. The fraction of sp³-hybridized carbons (Fsp3) is 0. The Kier molecular flexibility index (Phi) is 8.75. The van der Waals surface area contributed by atoms with E-state index < -0.39 is 84.8 Å². The second kappa shape index (κ2) is 12.6. The molecular weight excluding hydrogens is 754 g/mol. The molecule has 0 fully saturated rings. The smallest absolute Gasteiger partial charge is 0.296 e. The van der Waals surface area contributed by atoms with E-state index in [0.29, 0.717) is 0 Å². The highest BCUT2D eigenvalue weighted by Crippen LogP contribution is 2.40. The van der Waals surface area contributed by atoms with Crippen molar-refractivity contribution in [2.24, 2.45) is 0 Å². The predicted molar refractivity (Wildman–Crippen MR) is 181 cm³/mol. The van der Waals surface area contributed by atoms with Gasteiger partial charge in [-0.25, -0.2) is 0 Å². The second-order valence-corrected chi connectivity index (χ2v) is 15.1. The average molecular weight is 774 g/mol. The summed E-state index contributed by atoms with van der Waals surface area (Å²) in [4.78, 5) is 36.9. The molecule has 22 heteroatoms. The van der Waals surface area contributed by atoms with E-state index in [2.05, 4.69) is 30.9 Å². The van der Waals surface area contributed by atoms with Crippen molar-refractivity contribution >= 4 is 93.9 Å². The zero-order valence-corrected chi connectivity index (χ0v) is 28.3. The van der Waals surface area contributed by atoms with Crippen LogP contribution in [0.5, 0.6) is 0 Å². The van der Waals surface area contributed by atoms with Crippen LogP contribution in [-0.4, -0.2) is 65.4 Å². The lowest BCUT2D eigenvalue weighted by Gasteiger charge is -2.24. The number of anilines is 7. The van der Waals surface area contributed by atoms with Crippen molar-refractivity contribution in [1.82, 2.24) is 15.0 Å². The van der Waals surface area contributed by atoms with E-state index in [1.807, 2.05) is 0 Å². The fourth-order valence-corrected chi connectivity index (χ4v) is 7.10. The van der Waals surface area contributed by atoms with E-state index in [1.54, 1.807) is 0 Å². The minimum absolute atomic E-state index is 0.0121. The summed E-state index contributed by atoms with van der Waals surface area (Å²) < 4.78 is 102. The average Bonchev–Trinajstić information content (AvgIpc) is 3.02. The number of halogens is 1. The number of benzene rings is 4. The fourth-order valence-electron chi connectivity index (χ4n) is 5.14. The van der Waals surface area contributed by atoms with Crippen molar-refractivity contribution in [2.45, 2.75) is 14.7 Å². The van der Waals surface area contributed by atoms with Gasteiger partial charge in [0.1, 0.15) is 9.79 Å². The van der Waals surface area contributed by atoms with Crippen LogP contribution in [0.3, 0.4) is 0 Å². The van der Waals surface area contributed by atoms with Crippen LogP contribution < -0.4 is 21.7 Å². The third kappa shape index (κ3) is 7.07. The lowest BCUT2D eigenvalue weighted by Crippen LogP contribution is -2.25. The first-order valence-corrected chi connectivity index (χ1v) is 18.5. The number of nitrogen functional groups attached to an aromatic ring is 1. The van der Waals surface area contributed by atoms with Crippen LogP contribution in [-0.2, 0) is 30.4 Å². The molecule has 8 N–H and O–H groups in total. The third-order valence-corrected chi connectivity index (χ3v) is 10.1. The van der Waals surface area contributed by atoms with Crippen molar-refractivity contribution < 1.29 is 48.5 Å². The van der Waals surface area contributed by atoms with Crippen LogP contribution in [0.4, 0.5) is 40.3 Å². The van der Waals surface area contributed by atoms with Gasteiger partial charge in [-0.15, -0.1) is 0 Å². The molecule has 0 amide bonds. The summed E-state index contributed by atoms with van der Waals surface area (Å²) in [5, 5.41) is 7.54. The van der Waals surface area contributed by atoms with E-state index >= 15 is 0 Å². The Balaban J connectivity index is 1.42. The zero-order valence-electron chi connectivity index (χ0n) is 25.1. The van der Waals surface area contributed by atoms with Gasteiger partial charge in [0, 0.05) is 22.5 Å². The Morgan fingerprint density at radius 3 is 1.78 bits per heavy atom. The van der Waals surface area contributed by atoms with Gasteiger partial charge in [-0.1, -0.05) is 30.3 Å². The van der Waals surface area contributed by atoms with Crippen molar-refractivity contribution in [1.29, 1.82) is 0 Å². The molecule has 6 rings (SSSR count). The van der Waals surface area contributed by atoms with Gasteiger partial charge in [0.15, 0.2) is 11.6 Å². The number of fused-ring (bicyclic) bond motifs is 2. The monoisotopic (exact) mass is 773 g/mol. The van der Waals surface area contributed by atoms with Gasteiger partial charge in [-0.3, -0.25) is 23.2 Å². The molecule has 51 heavy (non-hydrogen) atoms. The highest BCUT2D eigenvalue weighted by atomic mass is 35.5. The minimum atomic E-state index is -5.05. The number of hydrogen-bond acceptors (Lipinski definition) is 15. The Bertz CT molecular complexity index is 2670. The number of nitrogens with two attached hydrogens (primary N) is 1. The van der Waals surface area contributed by atoms with Gasteiger partial charge in [-0.05, 0) is 54.1 Å². The first-order chi connectivity index (χ1) is 23.8. The van der Waals surface area contributed by atoms with E-state index in [4.69, 9.17) is 17.3 Å². The van der Waals surface area contributed by atoms with E-state index in [-0.39, 0.29) is 39.7 Å². The van der Waals surface area contributed by atoms with Crippen LogP contribution in [0, 0.1) is 0 Å². The Morgan fingerprint density at radius 1 is 0.588 bits per heavy atom. The van der Waals surface area contributed by atoms with Crippen molar-refractivity contribution in [3.8, 4) is 0 Å². The molecule has 0 saturated heterocycles. The predicted octanol–water partition coefficient (Wildman–Crippen LogP) is 3.85. The normalized spacial score (nSPS) is 12.9. The standard InChI is InChI=1S/C29H20ClN7O11S3/c30-27-35-28(33-13-4-3-5-15(10-13)49(40,41)42)37-29(36-27)34-18-11-14(8-9-20(18)50(43,44)45)32-19-12-21(51(46,47)48)24(31)23-22(19)25(38)16-6-1-2-7-17(16)26(23)39/h1-12,32H,31H2,(H,40,41,42)(H,43,44,45)(H,46,47,48)(H2,33,34,35,36,37). The molecule has 1 aromatic heterocycles. The number of aromatic nitrogens is 3. The molecule has 18 nitrogen and oxygen atoms in total. The van der Waals surface area contributed by atoms with Gasteiger partial charge < -0.3 is 21.7 Å². The molecule has 0 radical (unpaired) electrons. The summed E-state index contributed by atoms with van der Waals surface area (Å²) >= 11 is 6.05. The maximum Gasteiger partial charge on any atom is 0.296 e. The van der Waals surface area contributed by atoms with Crippen molar-refractivity contribution in [2.75, 3.05) is 21.7 Å². The Hall–Kier alpha value is -5.55. The SMILES string of the molecule is Nc1c(S(=O)(=O)O)cc(Nc2ccc(S(=O)(=O)O)c(Nc3nc(Cl)nc(Nc4cccc(S(=O)(=O)O)c4)n3)c2)c2c1C(=O)c1ccccc1C2=O. The van der Waals surface area contributed by atoms with Crippen LogP contribution in [0.2, 0.25) is 5.28 Å². The highest BCUT2D eigenvalue weighted by molar-refractivity contribution is 7.86. The Labute approximate surface area is 293 Å². The number of carbonyl (C=O) groups is 2. The largest absolute Gasteiger partial charge is 0.397 e. The number of nitrogens with one attached hydrogen (secondary N) is 3. The Morgan fingerprint density at radius 2 is 1.18 bits per heavy atom. The summed E-state index contributed by atoms with van der Waals surface area (Å²) in [5.41, 5.74) is 3.78. The molecule has 0 bridgehead atoms. The molecular formula is C29H20ClN7O11S3. The minimum Gasteiger partial charge on any atom is -0.397 e.